The lowest BCUT2D eigenvalue weighted by Gasteiger charge is -2.14. The molecule has 6 nitrogen and oxygen atoms in total. The standard InChI is InChI=1S/C13H19NO5/c1-9(2)12(13(16)17-3)10-8-11(14-19-10)18-7-5-4-6-15/h6,8-9,12H,4-5,7H2,1-3H3. The van der Waals surface area contributed by atoms with Crippen LogP contribution in [0.3, 0.4) is 0 Å². The van der Waals surface area contributed by atoms with E-state index < -0.39 is 5.92 Å². The van der Waals surface area contributed by atoms with Crippen molar-refractivity contribution in [2.24, 2.45) is 5.92 Å². The summed E-state index contributed by atoms with van der Waals surface area (Å²) in [5, 5.41) is 3.74. The van der Waals surface area contributed by atoms with Gasteiger partial charge in [0.15, 0.2) is 5.76 Å². The number of carbonyl (C=O) groups excluding carboxylic acids is 2. The summed E-state index contributed by atoms with van der Waals surface area (Å²) < 4.78 is 15.2. The van der Waals surface area contributed by atoms with Crippen molar-refractivity contribution in [2.75, 3.05) is 13.7 Å². The van der Waals surface area contributed by atoms with E-state index in [1.165, 1.54) is 7.11 Å². The van der Waals surface area contributed by atoms with Crippen molar-refractivity contribution in [3.05, 3.63) is 11.8 Å². The summed E-state index contributed by atoms with van der Waals surface area (Å²) in [7, 11) is 1.34. The summed E-state index contributed by atoms with van der Waals surface area (Å²) in [5.41, 5.74) is 0. The summed E-state index contributed by atoms with van der Waals surface area (Å²) in [4.78, 5) is 21.8. The first kappa shape index (κ1) is 15.2. The van der Waals surface area contributed by atoms with Crippen molar-refractivity contribution in [1.82, 2.24) is 5.16 Å². The van der Waals surface area contributed by atoms with Crippen LogP contribution in [0.2, 0.25) is 0 Å². The first-order valence-corrected chi connectivity index (χ1v) is 6.21. The fourth-order valence-corrected chi connectivity index (χ4v) is 1.67. The molecule has 0 saturated heterocycles. The maximum absolute atomic E-state index is 11.7. The van der Waals surface area contributed by atoms with Crippen molar-refractivity contribution < 1.29 is 23.6 Å². The molecule has 6 heteroatoms. The predicted octanol–water partition coefficient (Wildman–Crippen LogP) is 1.95. The van der Waals surface area contributed by atoms with E-state index in [9.17, 15) is 9.59 Å². The van der Waals surface area contributed by atoms with Crippen molar-refractivity contribution in [2.45, 2.75) is 32.6 Å². The van der Waals surface area contributed by atoms with E-state index in [1.807, 2.05) is 13.8 Å². The highest BCUT2D eigenvalue weighted by Crippen LogP contribution is 2.28. The molecule has 1 aromatic rings. The molecule has 106 valence electrons. The second-order valence-electron chi connectivity index (χ2n) is 4.47. The summed E-state index contributed by atoms with van der Waals surface area (Å²) in [6.07, 6.45) is 1.90. The highest BCUT2D eigenvalue weighted by Gasteiger charge is 2.29. The number of ether oxygens (including phenoxy) is 2. The van der Waals surface area contributed by atoms with Crippen molar-refractivity contribution in [3.63, 3.8) is 0 Å². The molecule has 1 heterocycles. The third kappa shape index (κ3) is 4.39. The van der Waals surface area contributed by atoms with Crippen LogP contribution in [0.15, 0.2) is 10.6 Å². The molecular formula is C13H19NO5. The highest BCUT2D eigenvalue weighted by atomic mass is 16.5. The number of hydrogen-bond donors (Lipinski definition) is 0. The number of unbranched alkanes of at least 4 members (excludes halogenated alkanes) is 1. The molecule has 0 spiro atoms. The van der Waals surface area contributed by atoms with E-state index in [-0.39, 0.29) is 11.9 Å². The summed E-state index contributed by atoms with van der Waals surface area (Å²) in [6.45, 7) is 4.18. The Labute approximate surface area is 112 Å². The smallest absolute Gasteiger partial charge is 0.316 e. The number of aldehydes is 1. The van der Waals surface area contributed by atoms with Crippen LogP contribution in [-0.2, 0) is 14.3 Å². The maximum atomic E-state index is 11.7. The van der Waals surface area contributed by atoms with Gasteiger partial charge < -0.3 is 18.8 Å². The summed E-state index contributed by atoms with van der Waals surface area (Å²) in [6, 6.07) is 1.59. The monoisotopic (exact) mass is 269 g/mol. The van der Waals surface area contributed by atoms with E-state index in [2.05, 4.69) is 5.16 Å². The number of methoxy groups -OCH3 is 1. The number of hydrogen-bond acceptors (Lipinski definition) is 6. The van der Waals surface area contributed by atoms with Gasteiger partial charge in [-0.3, -0.25) is 4.79 Å². The van der Waals surface area contributed by atoms with Gasteiger partial charge in [0.05, 0.1) is 13.7 Å². The zero-order chi connectivity index (χ0) is 14.3. The van der Waals surface area contributed by atoms with Gasteiger partial charge in [-0.1, -0.05) is 13.8 Å². The van der Waals surface area contributed by atoms with Gasteiger partial charge in [0.1, 0.15) is 12.2 Å². The van der Waals surface area contributed by atoms with Gasteiger partial charge in [0, 0.05) is 12.5 Å². The van der Waals surface area contributed by atoms with Crippen LogP contribution in [0.4, 0.5) is 0 Å². The fraction of sp³-hybridized carbons (Fsp3) is 0.615. The quantitative estimate of drug-likeness (QED) is 0.407. The molecule has 0 radical (unpaired) electrons. The Bertz CT molecular complexity index is 413. The van der Waals surface area contributed by atoms with Gasteiger partial charge >= 0.3 is 5.97 Å². The lowest BCUT2D eigenvalue weighted by Crippen LogP contribution is -2.19. The maximum Gasteiger partial charge on any atom is 0.316 e. The number of carbonyl (C=O) groups is 2. The van der Waals surface area contributed by atoms with Gasteiger partial charge in [-0.15, -0.1) is 0 Å². The van der Waals surface area contributed by atoms with Crippen LogP contribution in [0.5, 0.6) is 5.88 Å². The van der Waals surface area contributed by atoms with Crippen LogP contribution in [0.25, 0.3) is 0 Å². The number of esters is 1. The molecule has 0 aromatic carbocycles. The Morgan fingerprint density at radius 3 is 2.84 bits per heavy atom. The minimum absolute atomic E-state index is 0.0308. The van der Waals surface area contributed by atoms with Crippen LogP contribution in [0.1, 0.15) is 38.4 Å². The summed E-state index contributed by atoms with van der Waals surface area (Å²) >= 11 is 0. The molecule has 0 N–H and O–H groups in total. The van der Waals surface area contributed by atoms with Crippen molar-refractivity contribution in [1.29, 1.82) is 0 Å². The molecule has 0 saturated carbocycles. The predicted molar refractivity (Wildman–Crippen MR) is 66.9 cm³/mol. The van der Waals surface area contributed by atoms with Gasteiger partial charge in [-0.2, -0.15) is 0 Å². The molecule has 0 bridgehead atoms. The fourth-order valence-electron chi connectivity index (χ4n) is 1.67. The normalized spacial score (nSPS) is 12.2. The first-order chi connectivity index (χ1) is 9.10. The molecule has 19 heavy (non-hydrogen) atoms. The SMILES string of the molecule is COC(=O)C(c1cc(OCCCC=O)no1)C(C)C. The van der Waals surface area contributed by atoms with E-state index in [1.54, 1.807) is 6.07 Å². The van der Waals surface area contributed by atoms with Crippen LogP contribution in [0, 0.1) is 5.92 Å². The van der Waals surface area contributed by atoms with Gasteiger partial charge in [0.2, 0.25) is 0 Å². The molecular weight excluding hydrogens is 250 g/mol. The Hall–Kier alpha value is -1.85. The Kier molecular flexibility index (Phi) is 6.05. The van der Waals surface area contributed by atoms with E-state index in [4.69, 9.17) is 14.0 Å². The van der Waals surface area contributed by atoms with Gasteiger partial charge in [-0.05, 0) is 17.5 Å². The first-order valence-electron chi connectivity index (χ1n) is 6.21. The summed E-state index contributed by atoms with van der Waals surface area (Å²) in [5.74, 6) is -0.0884. The number of aromatic nitrogens is 1. The van der Waals surface area contributed by atoms with Gasteiger partial charge in [0.25, 0.3) is 5.88 Å². The largest absolute Gasteiger partial charge is 0.475 e. The molecule has 0 aliphatic carbocycles. The molecule has 0 aliphatic heterocycles. The molecule has 0 amide bonds. The second-order valence-corrected chi connectivity index (χ2v) is 4.47. The van der Waals surface area contributed by atoms with Crippen molar-refractivity contribution >= 4 is 12.3 Å². The van der Waals surface area contributed by atoms with Crippen molar-refractivity contribution in [3.8, 4) is 5.88 Å². The zero-order valence-electron chi connectivity index (χ0n) is 11.4. The topological polar surface area (TPSA) is 78.6 Å². The lowest BCUT2D eigenvalue weighted by molar-refractivity contribution is -0.144. The molecule has 1 rings (SSSR count). The van der Waals surface area contributed by atoms with E-state index in [0.717, 1.165) is 6.29 Å². The second kappa shape index (κ2) is 7.56. The molecule has 1 aromatic heterocycles. The Morgan fingerprint density at radius 1 is 1.53 bits per heavy atom. The van der Waals surface area contributed by atoms with Crippen LogP contribution >= 0.6 is 0 Å². The number of rotatable bonds is 8. The minimum atomic E-state index is -0.496. The minimum Gasteiger partial charge on any atom is -0.475 e. The van der Waals surface area contributed by atoms with Crippen LogP contribution in [-0.4, -0.2) is 31.1 Å². The third-order valence-electron chi connectivity index (χ3n) is 2.65. The molecule has 1 unspecified atom stereocenters. The zero-order valence-corrected chi connectivity index (χ0v) is 11.4. The lowest BCUT2D eigenvalue weighted by atomic mass is 9.93. The highest BCUT2D eigenvalue weighted by molar-refractivity contribution is 5.77. The average molecular weight is 269 g/mol. The van der Waals surface area contributed by atoms with E-state index >= 15 is 0 Å². The van der Waals surface area contributed by atoms with Crippen LogP contribution < -0.4 is 4.74 Å². The molecule has 0 fully saturated rings. The average Bonchev–Trinajstić information content (AvgIpc) is 2.82. The Balaban J connectivity index is 2.65. The molecule has 0 aliphatic rings. The van der Waals surface area contributed by atoms with E-state index in [0.29, 0.717) is 31.1 Å². The molecule has 1 atom stereocenters. The Morgan fingerprint density at radius 2 is 2.26 bits per heavy atom. The van der Waals surface area contributed by atoms with Gasteiger partial charge in [-0.25, -0.2) is 0 Å². The number of nitrogens with zero attached hydrogens (tertiary/aromatic N) is 1. The third-order valence-corrected chi connectivity index (χ3v) is 2.65.